The van der Waals surface area contributed by atoms with Crippen LogP contribution in [-0.2, 0) is 12.7 Å². The van der Waals surface area contributed by atoms with Crippen LogP contribution in [-0.4, -0.2) is 20.1 Å². The standard InChI is InChI=1S/C22H19F4N3O2/c1-12-8-17(13(2)29(12)16-5-3-4-15(23)9-16)20(30)11-28-21(31)18(22(24,25)26)10-19(27-28)14-6-7-14/h3-5,8-10,14H,6-7,11H2,1-2H3. The lowest BCUT2D eigenvalue weighted by Gasteiger charge is -2.12. The summed E-state index contributed by atoms with van der Waals surface area (Å²) < 4.78 is 55.9. The molecule has 162 valence electrons. The number of carbonyl (C=O) groups is 1. The average Bonchev–Trinajstić information content (AvgIpc) is 3.47. The molecule has 0 bridgehead atoms. The average molecular weight is 433 g/mol. The van der Waals surface area contributed by atoms with Gasteiger partial charge in [0.15, 0.2) is 5.78 Å². The summed E-state index contributed by atoms with van der Waals surface area (Å²) in [4.78, 5) is 25.3. The lowest BCUT2D eigenvalue weighted by molar-refractivity contribution is -0.139. The Morgan fingerprint density at radius 1 is 1.16 bits per heavy atom. The van der Waals surface area contributed by atoms with Gasteiger partial charge in [-0.05, 0) is 57.0 Å². The van der Waals surface area contributed by atoms with E-state index in [-0.39, 0.29) is 17.2 Å². The zero-order valence-electron chi connectivity index (χ0n) is 16.8. The van der Waals surface area contributed by atoms with Crippen LogP contribution in [0.5, 0.6) is 0 Å². The van der Waals surface area contributed by atoms with E-state index in [1.165, 1.54) is 18.2 Å². The highest BCUT2D eigenvalue weighted by atomic mass is 19.4. The predicted octanol–water partition coefficient (Wildman–Crippen LogP) is 4.57. The fourth-order valence-corrected chi connectivity index (χ4v) is 3.73. The molecular formula is C22H19F4N3O2. The minimum absolute atomic E-state index is 0.124. The third-order valence-electron chi connectivity index (χ3n) is 5.39. The van der Waals surface area contributed by atoms with Crippen molar-refractivity contribution >= 4 is 5.78 Å². The van der Waals surface area contributed by atoms with Gasteiger partial charge in [-0.3, -0.25) is 9.59 Å². The summed E-state index contributed by atoms with van der Waals surface area (Å²) in [5.41, 5.74) is -0.595. The second-order valence-corrected chi connectivity index (χ2v) is 7.74. The molecule has 31 heavy (non-hydrogen) atoms. The first-order valence-corrected chi connectivity index (χ1v) is 9.73. The lowest BCUT2D eigenvalue weighted by Crippen LogP contribution is -2.33. The summed E-state index contributed by atoms with van der Waals surface area (Å²) >= 11 is 0. The van der Waals surface area contributed by atoms with Crippen molar-refractivity contribution in [1.82, 2.24) is 14.3 Å². The molecule has 3 aromatic rings. The van der Waals surface area contributed by atoms with Crippen molar-refractivity contribution in [3.8, 4) is 5.69 Å². The van der Waals surface area contributed by atoms with Crippen LogP contribution < -0.4 is 5.56 Å². The molecule has 5 nitrogen and oxygen atoms in total. The lowest BCUT2D eigenvalue weighted by atomic mass is 10.1. The number of Topliss-reactive ketones (excluding diaryl/α,β-unsaturated/α-hetero) is 1. The molecule has 1 fully saturated rings. The number of nitrogens with zero attached hydrogens (tertiary/aromatic N) is 3. The Labute approximate surface area is 174 Å². The van der Waals surface area contributed by atoms with E-state index in [1.54, 1.807) is 30.5 Å². The Hall–Kier alpha value is -3.23. The van der Waals surface area contributed by atoms with E-state index in [0.717, 1.165) is 6.07 Å². The summed E-state index contributed by atoms with van der Waals surface area (Å²) in [5, 5.41) is 4.03. The maximum atomic E-state index is 13.6. The SMILES string of the molecule is Cc1cc(C(=O)Cn2nc(C3CC3)cc(C(F)(F)F)c2=O)c(C)n1-c1cccc(F)c1. The zero-order chi connectivity index (χ0) is 22.5. The molecule has 0 radical (unpaired) electrons. The molecule has 0 saturated heterocycles. The van der Waals surface area contributed by atoms with Crippen LogP contribution >= 0.6 is 0 Å². The Morgan fingerprint density at radius 3 is 2.48 bits per heavy atom. The summed E-state index contributed by atoms with van der Waals surface area (Å²) in [6.45, 7) is 2.77. The molecule has 1 aromatic carbocycles. The number of halogens is 4. The Bertz CT molecular complexity index is 1240. The number of carbonyl (C=O) groups excluding carboxylic acids is 1. The fourth-order valence-electron chi connectivity index (χ4n) is 3.73. The Balaban J connectivity index is 1.72. The maximum Gasteiger partial charge on any atom is 0.421 e. The van der Waals surface area contributed by atoms with Gasteiger partial charge in [-0.1, -0.05) is 6.07 Å². The quantitative estimate of drug-likeness (QED) is 0.438. The van der Waals surface area contributed by atoms with E-state index in [2.05, 4.69) is 5.10 Å². The number of ketones is 1. The number of hydrogen-bond acceptors (Lipinski definition) is 3. The Kier molecular flexibility index (Phi) is 5.07. The van der Waals surface area contributed by atoms with E-state index in [1.807, 2.05) is 0 Å². The molecule has 1 aliphatic carbocycles. The molecule has 1 saturated carbocycles. The molecule has 0 unspecified atom stereocenters. The largest absolute Gasteiger partial charge is 0.421 e. The monoisotopic (exact) mass is 433 g/mol. The third kappa shape index (κ3) is 4.04. The summed E-state index contributed by atoms with van der Waals surface area (Å²) in [6.07, 6.45) is -3.43. The topological polar surface area (TPSA) is 56.9 Å². The molecule has 0 amide bonds. The smallest absolute Gasteiger partial charge is 0.318 e. The molecular weight excluding hydrogens is 414 g/mol. The van der Waals surface area contributed by atoms with Gasteiger partial charge in [-0.25, -0.2) is 9.07 Å². The normalized spacial score (nSPS) is 14.1. The molecule has 2 heterocycles. The van der Waals surface area contributed by atoms with Crippen LogP contribution in [0.2, 0.25) is 0 Å². The van der Waals surface area contributed by atoms with Crippen LogP contribution in [0.3, 0.4) is 0 Å². The van der Waals surface area contributed by atoms with Gasteiger partial charge in [0.2, 0.25) is 0 Å². The number of alkyl halides is 3. The maximum absolute atomic E-state index is 13.6. The summed E-state index contributed by atoms with van der Waals surface area (Å²) in [6, 6.07) is 8.19. The molecule has 0 atom stereocenters. The number of hydrogen-bond donors (Lipinski definition) is 0. The second kappa shape index (κ2) is 7.47. The molecule has 2 aromatic heterocycles. The van der Waals surface area contributed by atoms with Crippen molar-refractivity contribution < 1.29 is 22.4 Å². The van der Waals surface area contributed by atoms with E-state index >= 15 is 0 Å². The van der Waals surface area contributed by atoms with Crippen molar-refractivity contribution in [2.75, 3.05) is 0 Å². The number of rotatable bonds is 5. The highest BCUT2D eigenvalue weighted by Crippen LogP contribution is 2.40. The van der Waals surface area contributed by atoms with E-state index in [4.69, 9.17) is 0 Å². The summed E-state index contributed by atoms with van der Waals surface area (Å²) in [5.74, 6) is -1.11. The van der Waals surface area contributed by atoms with Crippen molar-refractivity contribution in [1.29, 1.82) is 0 Å². The first kappa shape index (κ1) is 21.0. The first-order chi connectivity index (χ1) is 14.6. The van der Waals surface area contributed by atoms with Crippen LogP contribution in [0, 0.1) is 19.7 Å². The van der Waals surface area contributed by atoms with E-state index in [9.17, 15) is 27.2 Å². The van der Waals surface area contributed by atoms with Gasteiger partial charge in [0.25, 0.3) is 5.56 Å². The minimum Gasteiger partial charge on any atom is -0.318 e. The van der Waals surface area contributed by atoms with Gasteiger partial charge in [-0.2, -0.15) is 18.3 Å². The van der Waals surface area contributed by atoms with Crippen LogP contribution in [0.15, 0.2) is 41.2 Å². The van der Waals surface area contributed by atoms with Gasteiger partial charge in [0.1, 0.15) is 17.9 Å². The van der Waals surface area contributed by atoms with Gasteiger partial charge >= 0.3 is 6.18 Å². The fraction of sp³-hybridized carbons (Fsp3) is 0.318. The van der Waals surface area contributed by atoms with Crippen molar-refractivity contribution in [3.05, 3.63) is 80.8 Å². The van der Waals surface area contributed by atoms with Crippen molar-refractivity contribution in [2.45, 2.75) is 45.3 Å². The highest BCUT2D eigenvalue weighted by molar-refractivity contribution is 5.97. The van der Waals surface area contributed by atoms with Gasteiger partial charge in [-0.15, -0.1) is 0 Å². The molecule has 0 spiro atoms. The van der Waals surface area contributed by atoms with Crippen LogP contribution in [0.4, 0.5) is 17.6 Å². The molecule has 0 N–H and O–H groups in total. The number of aromatic nitrogens is 3. The zero-order valence-corrected chi connectivity index (χ0v) is 16.8. The van der Waals surface area contributed by atoms with Crippen LogP contribution in [0.25, 0.3) is 5.69 Å². The Morgan fingerprint density at radius 2 is 1.87 bits per heavy atom. The molecule has 9 heteroatoms. The van der Waals surface area contributed by atoms with Crippen molar-refractivity contribution in [3.63, 3.8) is 0 Å². The molecule has 4 rings (SSSR count). The van der Waals surface area contributed by atoms with Crippen LogP contribution in [0.1, 0.15) is 51.8 Å². The first-order valence-electron chi connectivity index (χ1n) is 9.73. The number of benzene rings is 1. The third-order valence-corrected chi connectivity index (χ3v) is 5.39. The second-order valence-electron chi connectivity index (χ2n) is 7.74. The van der Waals surface area contributed by atoms with Gasteiger partial charge < -0.3 is 4.57 Å². The molecule has 0 aliphatic heterocycles. The summed E-state index contributed by atoms with van der Waals surface area (Å²) in [7, 11) is 0. The van der Waals surface area contributed by atoms with E-state index in [0.29, 0.717) is 34.6 Å². The number of aryl methyl sites for hydroxylation is 1. The molecule has 1 aliphatic rings. The van der Waals surface area contributed by atoms with Gasteiger partial charge in [0.05, 0.1) is 5.69 Å². The van der Waals surface area contributed by atoms with Crippen molar-refractivity contribution in [2.24, 2.45) is 0 Å². The van der Waals surface area contributed by atoms with Gasteiger partial charge in [0, 0.05) is 28.6 Å². The van der Waals surface area contributed by atoms with E-state index < -0.39 is 35.4 Å². The predicted molar refractivity (Wildman–Crippen MR) is 105 cm³/mol. The highest BCUT2D eigenvalue weighted by Gasteiger charge is 2.38. The minimum atomic E-state index is -4.83.